The molecule has 0 saturated carbocycles. The van der Waals surface area contributed by atoms with Gasteiger partial charge in [-0.25, -0.2) is 4.98 Å². The normalized spacial score (nSPS) is 12.6. The summed E-state index contributed by atoms with van der Waals surface area (Å²) in [4.78, 5) is 7.81. The topological polar surface area (TPSA) is 63.8 Å². The van der Waals surface area contributed by atoms with Gasteiger partial charge in [0.05, 0.1) is 11.6 Å². The molecule has 0 spiro atoms. The van der Waals surface area contributed by atoms with Crippen molar-refractivity contribution in [3.8, 4) is 0 Å². The van der Waals surface area contributed by atoms with Gasteiger partial charge in [0.15, 0.2) is 0 Å². The molecule has 0 fully saturated rings. The number of hydrogen-bond donors (Lipinski definition) is 2. The SMILES string of the molecule is Nc1nccc(NC(c2ccc(Cl)cc2)c2ccccc2C(F)(F)F)n1. The monoisotopic (exact) mass is 378 g/mol. The van der Waals surface area contributed by atoms with Gasteiger partial charge in [0.1, 0.15) is 5.82 Å². The number of rotatable bonds is 4. The second-order valence-electron chi connectivity index (χ2n) is 5.51. The van der Waals surface area contributed by atoms with Crippen LogP contribution in [0, 0.1) is 0 Å². The molecule has 0 radical (unpaired) electrons. The van der Waals surface area contributed by atoms with E-state index in [1.807, 2.05) is 0 Å². The number of hydrogen-bond acceptors (Lipinski definition) is 4. The molecule has 0 bridgehead atoms. The summed E-state index contributed by atoms with van der Waals surface area (Å²) in [5.74, 6) is 0.336. The molecule has 3 aromatic rings. The van der Waals surface area contributed by atoms with E-state index in [0.29, 0.717) is 16.4 Å². The lowest BCUT2D eigenvalue weighted by atomic mass is 9.94. The van der Waals surface area contributed by atoms with E-state index in [2.05, 4.69) is 15.3 Å². The predicted molar refractivity (Wildman–Crippen MR) is 94.8 cm³/mol. The zero-order valence-corrected chi connectivity index (χ0v) is 14.1. The maximum atomic E-state index is 13.5. The average Bonchev–Trinajstić information content (AvgIpc) is 2.60. The van der Waals surface area contributed by atoms with Gasteiger partial charge in [0.2, 0.25) is 5.95 Å². The van der Waals surface area contributed by atoms with E-state index in [0.717, 1.165) is 6.07 Å². The molecule has 3 rings (SSSR count). The second-order valence-corrected chi connectivity index (χ2v) is 5.95. The van der Waals surface area contributed by atoms with Crippen molar-refractivity contribution in [2.45, 2.75) is 12.2 Å². The largest absolute Gasteiger partial charge is 0.416 e. The van der Waals surface area contributed by atoms with Crippen LogP contribution in [0.5, 0.6) is 0 Å². The van der Waals surface area contributed by atoms with Crippen LogP contribution in [0.15, 0.2) is 60.8 Å². The number of benzene rings is 2. The Hall–Kier alpha value is -2.80. The van der Waals surface area contributed by atoms with Gasteiger partial charge in [-0.3, -0.25) is 0 Å². The third-order valence-electron chi connectivity index (χ3n) is 3.75. The van der Waals surface area contributed by atoms with Crippen LogP contribution < -0.4 is 11.1 Å². The Morgan fingerprint density at radius 1 is 1.00 bits per heavy atom. The molecule has 4 nitrogen and oxygen atoms in total. The van der Waals surface area contributed by atoms with Crippen molar-refractivity contribution in [2.24, 2.45) is 0 Å². The maximum Gasteiger partial charge on any atom is 0.416 e. The molecule has 3 N–H and O–H groups in total. The van der Waals surface area contributed by atoms with Gasteiger partial charge >= 0.3 is 6.18 Å². The van der Waals surface area contributed by atoms with Crippen LogP contribution in [0.25, 0.3) is 0 Å². The lowest BCUT2D eigenvalue weighted by Crippen LogP contribution is -2.19. The average molecular weight is 379 g/mol. The Bertz CT molecular complexity index is 897. The first kappa shape index (κ1) is 18.0. The van der Waals surface area contributed by atoms with E-state index < -0.39 is 17.8 Å². The summed E-state index contributed by atoms with van der Waals surface area (Å²) in [6.45, 7) is 0. The standard InChI is InChI=1S/C18H14ClF3N4/c19-12-7-5-11(6-8-12)16(25-15-9-10-24-17(23)26-15)13-3-1-2-4-14(13)18(20,21)22/h1-10,16H,(H3,23,24,25,26). The van der Waals surface area contributed by atoms with Crippen molar-refractivity contribution in [1.82, 2.24) is 9.97 Å². The summed E-state index contributed by atoms with van der Waals surface area (Å²) < 4.78 is 40.5. The van der Waals surface area contributed by atoms with Crippen molar-refractivity contribution in [1.29, 1.82) is 0 Å². The zero-order chi connectivity index (χ0) is 18.7. The van der Waals surface area contributed by atoms with Gasteiger partial charge in [0, 0.05) is 11.2 Å². The summed E-state index contributed by atoms with van der Waals surface area (Å²) in [6.07, 6.45) is -3.06. The molecule has 1 heterocycles. The molecule has 0 aliphatic heterocycles. The van der Waals surface area contributed by atoms with Gasteiger partial charge in [-0.05, 0) is 35.4 Å². The summed E-state index contributed by atoms with van der Waals surface area (Å²) >= 11 is 5.91. The van der Waals surface area contributed by atoms with Crippen LogP contribution >= 0.6 is 11.6 Å². The number of alkyl halides is 3. The quantitative estimate of drug-likeness (QED) is 0.675. The maximum absolute atomic E-state index is 13.5. The highest BCUT2D eigenvalue weighted by molar-refractivity contribution is 6.30. The van der Waals surface area contributed by atoms with E-state index in [4.69, 9.17) is 17.3 Å². The fourth-order valence-electron chi connectivity index (χ4n) is 2.60. The van der Waals surface area contributed by atoms with E-state index in [1.54, 1.807) is 30.3 Å². The van der Waals surface area contributed by atoms with Crippen LogP contribution in [-0.2, 0) is 6.18 Å². The summed E-state index contributed by atoms with van der Waals surface area (Å²) in [5.41, 5.74) is 5.51. The molecule has 0 aliphatic rings. The Labute approximate surface area is 152 Å². The van der Waals surface area contributed by atoms with Crippen molar-refractivity contribution in [3.63, 3.8) is 0 Å². The van der Waals surface area contributed by atoms with Gasteiger partial charge in [-0.1, -0.05) is 41.9 Å². The summed E-state index contributed by atoms with van der Waals surface area (Å²) in [5, 5.41) is 3.50. The summed E-state index contributed by atoms with van der Waals surface area (Å²) in [7, 11) is 0. The third kappa shape index (κ3) is 4.05. The highest BCUT2D eigenvalue weighted by atomic mass is 35.5. The molecule has 2 aromatic carbocycles. The lowest BCUT2D eigenvalue weighted by molar-refractivity contribution is -0.138. The van der Waals surface area contributed by atoms with Gasteiger partial charge in [0.25, 0.3) is 0 Å². The van der Waals surface area contributed by atoms with Crippen LogP contribution in [0.3, 0.4) is 0 Å². The molecule has 134 valence electrons. The van der Waals surface area contributed by atoms with Crippen molar-refractivity contribution in [3.05, 3.63) is 82.5 Å². The van der Waals surface area contributed by atoms with Crippen LogP contribution in [0.4, 0.5) is 24.9 Å². The number of nitrogens with zero attached hydrogens (tertiary/aromatic N) is 2. The first-order chi connectivity index (χ1) is 12.3. The Kier molecular flexibility index (Phi) is 4.99. The zero-order valence-electron chi connectivity index (χ0n) is 13.3. The number of anilines is 2. The highest BCUT2D eigenvalue weighted by Gasteiger charge is 2.35. The Morgan fingerprint density at radius 2 is 1.69 bits per heavy atom. The molecule has 1 atom stereocenters. The molecule has 0 amide bonds. The fourth-order valence-corrected chi connectivity index (χ4v) is 2.73. The van der Waals surface area contributed by atoms with Gasteiger partial charge in [-0.15, -0.1) is 0 Å². The third-order valence-corrected chi connectivity index (χ3v) is 4.00. The highest BCUT2D eigenvalue weighted by Crippen LogP contribution is 2.37. The second kappa shape index (κ2) is 7.21. The number of nitrogen functional groups attached to an aromatic ring is 1. The minimum atomic E-state index is -4.49. The van der Waals surface area contributed by atoms with E-state index in [1.165, 1.54) is 24.4 Å². The van der Waals surface area contributed by atoms with E-state index in [-0.39, 0.29) is 11.5 Å². The smallest absolute Gasteiger partial charge is 0.368 e. The number of aromatic nitrogens is 2. The fraction of sp³-hybridized carbons (Fsp3) is 0.111. The summed E-state index contributed by atoms with van der Waals surface area (Å²) in [6, 6.07) is 12.7. The van der Waals surface area contributed by atoms with E-state index in [9.17, 15) is 13.2 Å². The number of nitrogens with two attached hydrogens (primary N) is 1. The van der Waals surface area contributed by atoms with Crippen LogP contribution in [0.2, 0.25) is 5.02 Å². The van der Waals surface area contributed by atoms with Crippen molar-refractivity contribution in [2.75, 3.05) is 11.1 Å². The Morgan fingerprint density at radius 3 is 2.35 bits per heavy atom. The first-order valence-corrected chi connectivity index (χ1v) is 7.99. The minimum absolute atomic E-state index is 0.0222. The Balaban J connectivity index is 2.11. The van der Waals surface area contributed by atoms with Crippen molar-refractivity contribution < 1.29 is 13.2 Å². The molecule has 26 heavy (non-hydrogen) atoms. The van der Waals surface area contributed by atoms with E-state index >= 15 is 0 Å². The van der Waals surface area contributed by atoms with Crippen molar-refractivity contribution >= 4 is 23.4 Å². The molecule has 8 heteroatoms. The molecular formula is C18H14ClF3N4. The number of nitrogens with one attached hydrogen (secondary N) is 1. The van der Waals surface area contributed by atoms with Crippen LogP contribution in [-0.4, -0.2) is 9.97 Å². The lowest BCUT2D eigenvalue weighted by Gasteiger charge is -2.24. The molecule has 1 unspecified atom stereocenters. The molecule has 1 aromatic heterocycles. The molecule has 0 aliphatic carbocycles. The predicted octanol–water partition coefficient (Wildman–Crippen LogP) is 4.93. The number of halogens is 4. The molecule has 0 saturated heterocycles. The molecular weight excluding hydrogens is 365 g/mol. The minimum Gasteiger partial charge on any atom is -0.368 e. The van der Waals surface area contributed by atoms with Gasteiger partial charge < -0.3 is 11.1 Å². The van der Waals surface area contributed by atoms with Crippen LogP contribution in [0.1, 0.15) is 22.7 Å². The first-order valence-electron chi connectivity index (χ1n) is 7.61. The van der Waals surface area contributed by atoms with Gasteiger partial charge in [-0.2, -0.15) is 18.2 Å².